The SMILES string of the molecule is Cc1cccc(/C=N/Nc2cc(C)nc(N3CCOCC3)n2)c1. The zero-order chi connectivity index (χ0) is 16.1. The van der Waals surface area contributed by atoms with Gasteiger partial charge in [-0.2, -0.15) is 10.1 Å². The van der Waals surface area contributed by atoms with Crippen molar-refractivity contribution in [2.75, 3.05) is 36.6 Å². The summed E-state index contributed by atoms with van der Waals surface area (Å²) in [7, 11) is 0. The Kier molecular flexibility index (Phi) is 4.83. The van der Waals surface area contributed by atoms with Gasteiger partial charge >= 0.3 is 0 Å². The predicted octanol–water partition coefficient (Wildman–Crippen LogP) is 2.38. The maximum Gasteiger partial charge on any atom is 0.227 e. The second-order valence-electron chi connectivity index (χ2n) is 5.58. The maximum absolute atomic E-state index is 5.37. The Labute approximate surface area is 136 Å². The summed E-state index contributed by atoms with van der Waals surface area (Å²) in [5, 5.41) is 4.27. The van der Waals surface area contributed by atoms with Crippen molar-refractivity contribution in [3.63, 3.8) is 0 Å². The minimum Gasteiger partial charge on any atom is -0.378 e. The highest BCUT2D eigenvalue weighted by atomic mass is 16.5. The number of rotatable bonds is 4. The number of hydrogen-bond donors (Lipinski definition) is 1. The van der Waals surface area contributed by atoms with Gasteiger partial charge in [-0.15, -0.1) is 0 Å². The molecule has 6 heteroatoms. The Morgan fingerprint density at radius 2 is 2.00 bits per heavy atom. The average molecular weight is 311 g/mol. The highest BCUT2D eigenvalue weighted by molar-refractivity contribution is 5.80. The van der Waals surface area contributed by atoms with E-state index in [-0.39, 0.29) is 0 Å². The van der Waals surface area contributed by atoms with E-state index < -0.39 is 0 Å². The van der Waals surface area contributed by atoms with E-state index in [1.165, 1.54) is 5.56 Å². The summed E-state index contributed by atoms with van der Waals surface area (Å²) in [6, 6.07) is 10.1. The molecule has 0 radical (unpaired) electrons. The number of nitrogens with one attached hydrogen (secondary N) is 1. The molecule has 1 N–H and O–H groups in total. The zero-order valence-corrected chi connectivity index (χ0v) is 13.5. The van der Waals surface area contributed by atoms with Crippen LogP contribution in [0.15, 0.2) is 35.4 Å². The first-order valence-electron chi connectivity index (χ1n) is 7.75. The second-order valence-corrected chi connectivity index (χ2v) is 5.58. The minimum absolute atomic E-state index is 0.697. The van der Waals surface area contributed by atoms with E-state index in [1.54, 1.807) is 6.21 Å². The average Bonchev–Trinajstić information content (AvgIpc) is 2.55. The molecule has 1 saturated heterocycles. The number of morpholine rings is 1. The van der Waals surface area contributed by atoms with E-state index in [0.717, 1.165) is 30.3 Å². The monoisotopic (exact) mass is 311 g/mol. The Bertz CT molecular complexity index is 695. The molecule has 0 unspecified atom stereocenters. The maximum atomic E-state index is 5.37. The van der Waals surface area contributed by atoms with E-state index in [2.05, 4.69) is 44.5 Å². The fourth-order valence-electron chi connectivity index (χ4n) is 2.44. The van der Waals surface area contributed by atoms with Crippen LogP contribution < -0.4 is 10.3 Å². The fraction of sp³-hybridized carbons (Fsp3) is 0.353. The molecule has 1 aromatic carbocycles. The zero-order valence-electron chi connectivity index (χ0n) is 13.5. The minimum atomic E-state index is 0.697. The van der Waals surface area contributed by atoms with E-state index in [9.17, 15) is 0 Å². The van der Waals surface area contributed by atoms with Gasteiger partial charge in [0, 0.05) is 24.8 Å². The van der Waals surface area contributed by atoms with Crippen LogP contribution in [-0.4, -0.2) is 42.5 Å². The number of ether oxygens (including phenoxy) is 1. The number of aryl methyl sites for hydroxylation is 2. The molecular formula is C17H21N5O. The largest absolute Gasteiger partial charge is 0.378 e. The molecule has 0 bridgehead atoms. The first-order valence-corrected chi connectivity index (χ1v) is 7.75. The Balaban J connectivity index is 1.71. The van der Waals surface area contributed by atoms with Crippen molar-refractivity contribution in [1.82, 2.24) is 9.97 Å². The van der Waals surface area contributed by atoms with Gasteiger partial charge in [0.15, 0.2) is 5.82 Å². The lowest BCUT2D eigenvalue weighted by Gasteiger charge is -2.27. The van der Waals surface area contributed by atoms with E-state index in [1.807, 2.05) is 25.1 Å². The van der Waals surface area contributed by atoms with Gasteiger partial charge in [0.1, 0.15) is 0 Å². The quantitative estimate of drug-likeness (QED) is 0.694. The number of aromatic nitrogens is 2. The van der Waals surface area contributed by atoms with Crippen LogP contribution in [0.4, 0.5) is 11.8 Å². The molecule has 6 nitrogen and oxygen atoms in total. The van der Waals surface area contributed by atoms with Crippen LogP contribution in [0.3, 0.4) is 0 Å². The molecule has 0 amide bonds. The number of anilines is 2. The molecular weight excluding hydrogens is 290 g/mol. The number of hydrogen-bond acceptors (Lipinski definition) is 6. The van der Waals surface area contributed by atoms with Gasteiger partial charge in [0.2, 0.25) is 5.95 Å². The van der Waals surface area contributed by atoms with Crippen molar-refractivity contribution in [3.8, 4) is 0 Å². The standard InChI is InChI=1S/C17H21N5O/c1-13-4-3-5-15(10-13)12-18-21-16-11-14(2)19-17(20-16)22-6-8-23-9-7-22/h3-5,10-12H,6-9H2,1-2H3,(H,19,20,21)/b18-12+. The topological polar surface area (TPSA) is 62.6 Å². The summed E-state index contributed by atoms with van der Waals surface area (Å²) < 4.78 is 5.37. The third-order valence-electron chi connectivity index (χ3n) is 3.57. The summed E-state index contributed by atoms with van der Waals surface area (Å²) >= 11 is 0. The van der Waals surface area contributed by atoms with Gasteiger partial charge in [-0.05, 0) is 19.4 Å². The number of hydrazone groups is 1. The molecule has 0 atom stereocenters. The van der Waals surface area contributed by atoms with Gasteiger partial charge < -0.3 is 9.64 Å². The lowest BCUT2D eigenvalue weighted by molar-refractivity contribution is 0.122. The Morgan fingerprint density at radius 1 is 1.17 bits per heavy atom. The van der Waals surface area contributed by atoms with Crippen LogP contribution in [0, 0.1) is 13.8 Å². The van der Waals surface area contributed by atoms with Crippen LogP contribution in [-0.2, 0) is 4.74 Å². The third kappa shape index (κ3) is 4.26. The number of benzene rings is 1. The summed E-state index contributed by atoms with van der Waals surface area (Å²) in [6.45, 7) is 7.08. The molecule has 1 aliphatic heterocycles. The van der Waals surface area contributed by atoms with Crippen LogP contribution in [0.1, 0.15) is 16.8 Å². The molecule has 2 aromatic rings. The molecule has 1 aromatic heterocycles. The second kappa shape index (κ2) is 7.19. The Hall–Kier alpha value is -2.47. The van der Waals surface area contributed by atoms with Crippen LogP contribution in [0.2, 0.25) is 0 Å². The van der Waals surface area contributed by atoms with E-state index in [0.29, 0.717) is 19.0 Å². The van der Waals surface area contributed by atoms with Crippen molar-refractivity contribution in [1.29, 1.82) is 0 Å². The predicted molar refractivity (Wildman–Crippen MR) is 92.2 cm³/mol. The Morgan fingerprint density at radius 3 is 2.78 bits per heavy atom. The molecule has 0 aliphatic carbocycles. The number of nitrogens with zero attached hydrogens (tertiary/aromatic N) is 4. The van der Waals surface area contributed by atoms with E-state index in [4.69, 9.17) is 4.74 Å². The van der Waals surface area contributed by atoms with Crippen LogP contribution in [0.5, 0.6) is 0 Å². The molecule has 1 aliphatic rings. The summed E-state index contributed by atoms with van der Waals surface area (Å²) in [5.74, 6) is 1.42. The lowest BCUT2D eigenvalue weighted by atomic mass is 10.2. The normalized spacial score (nSPS) is 15.1. The third-order valence-corrected chi connectivity index (χ3v) is 3.57. The highest BCUT2D eigenvalue weighted by Crippen LogP contribution is 2.15. The first kappa shape index (κ1) is 15.4. The van der Waals surface area contributed by atoms with Crippen LogP contribution in [0.25, 0.3) is 0 Å². The molecule has 0 saturated carbocycles. The molecule has 120 valence electrons. The van der Waals surface area contributed by atoms with Gasteiger partial charge in [0.05, 0.1) is 19.4 Å². The van der Waals surface area contributed by atoms with Crippen LogP contribution >= 0.6 is 0 Å². The summed E-state index contributed by atoms with van der Waals surface area (Å²) in [5.41, 5.74) is 6.17. The van der Waals surface area contributed by atoms with Crippen molar-refractivity contribution < 1.29 is 4.74 Å². The van der Waals surface area contributed by atoms with Gasteiger partial charge in [-0.3, -0.25) is 5.43 Å². The van der Waals surface area contributed by atoms with Gasteiger partial charge in [0.25, 0.3) is 0 Å². The summed E-state index contributed by atoms with van der Waals surface area (Å²) in [6.07, 6.45) is 1.79. The molecule has 23 heavy (non-hydrogen) atoms. The van der Waals surface area contributed by atoms with Crippen molar-refractivity contribution >= 4 is 18.0 Å². The van der Waals surface area contributed by atoms with Crippen molar-refractivity contribution in [2.24, 2.45) is 5.10 Å². The lowest BCUT2D eigenvalue weighted by Crippen LogP contribution is -2.37. The molecule has 1 fully saturated rings. The van der Waals surface area contributed by atoms with Gasteiger partial charge in [-0.25, -0.2) is 4.98 Å². The molecule has 0 spiro atoms. The highest BCUT2D eigenvalue weighted by Gasteiger charge is 2.14. The van der Waals surface area contributed by atoms with E-state index >= 15 is 0 Å². The smallest absolute Gasteiger partial charge is 0.227 e. The van der Waals surface area contributed by atoms with Crippen molar-refractivity contribution in [3.05, 3.63) is 47.2 Å². The first-order chi connectivity index (χ1) is 11.2. The molecule has 2 heterocycles. The summed E-state index contributed by atoms with van der Waals surface area (Å²) in [4.78, 5) is 11.2. The molecule has 3 rings (SSSR count). The van der Waals surface area contributed by atoms with Crippen molar-refractivity contribution in [2.45, 2.75) is 13.8 Å². The fourth-order valence-corrected chi connectivity index (χ4v) is 2.44. The van der Waals surface area contributed by atoms with Gasteiger partial charge in [-0.1, -0.05) is 29.8 Å².